The molecule has 0 nitrogen and oxygen atoms in total. The second kappa shape index (κ2) is 8.14. The second-order valence-electron chi connectivity index (χ2n) is 3.43. The first-order valence-corrected chi connectivity index (χ1v) is 11.3. The number of hydrogen-bond acceptors (Lipinski definition) is 0. The molecule has 0 heterocycles. The van der Waals surface area contributed by atoms with Crippen molar-refractivity contribution in [2.75, 3.05) is 0 Å². The summed E-state index contributed by atoms with van der Waals surface area (Å²) in [7, 11) is 9.87. The molecule has 0 aromatic rings. The van der Waals surface area contributed by atoms with E-state index in [1.807, 2.05) is 0 Å². The van der Waals surface area contributed by atoms with E-state index in [2.05, 4.69) is 33.8 Å². The van der Waals surface area contributed by atoms with Gasteiger partial charge in [0.25, 0.3) is 0 Å². The first-order chi connectivity index (χ1) is 6.62. The Bertz CT molecular complexity index is 231. The molecule has 0 spiro atoms. The molecule has 0 fully saturated rings. The molecule has 0 saturated heterocycles. The van der Waals surface area contributed by atoms with Gasteiger partial charge in [-0.2, -0.15) is 0 Å². The standard InChI is InChI=1S/C11H18.2ClH.Zr/c1-5-10-7-11(6-2)9(4)8(10)3;;;/h7-8H,5-6H2,1-4H3;2*1H;/q;;;+2/p-2. The summed E-state index contributed by atoms with van der Waals surface area (Å²) in [6, 6.07) is 0. The van der Waals surface area contributed by atoms with Gasteiger partial charge in [0.05, 0.1) is 0 Å². The van der Waals surface area contributed by atoms with Crippen LogP contribution in [0.15, 0.2) is 22.8 Å². The van der Waals surface area contributed by atoms with Crippen LogP contribution in [-0.4, -0.2) is 0 Å². The number of halogens is 2. The van der Waals surface area contributed by atoms with E-state index in [9.17, 15) is 0 Å². The van der Waals surface area contributed by atoms with Crippen molar-refractivity contribution in [3.63, 3.8) is 0 Å². The molecule has 0 saturated carbocycles. The van der Waals surface area contributed by atoms with Gasteiger partial charge < -0.3 is 0 Å². The van der Waals surface area contributed by atoms with Crippen LogP contribution in [0.25, 0.3) is 0 Å². The summed E-state index contributed by atoms with van der Waals surface area (Å²) in [6.45, 7) is 9.06. The van der Waals surface area contributed by atoms with Gasteiger partial charge in [-0.15, -0.1) is 0 Å². The van der Waals surface area contributed by atoms with Crippen LogP contribution in [0.2, 0.25) is 0 Å². The fraction of sp³-hybridized carbons (Fsp3) is 0.636. The fourth-order valence-electron chi connectivity index (χ4n) is 1.81. The van der Waals surface area contributed by atoms with Crippen LogP contribution in [0.4, 0.5) is 0 Å². The second-order valence-corrected chi connectivity index (χ2v) is 7.16. The van der Waals surface area contributed by atoms with Crippen molar-refractivity contribution in [2.24, 2.45) is 5.92 Å². The molecule has 1 atom stereocenters. The Balaban J connectivity index is 0.000000500. The zero-order valence-electron chi connectivity index (χ0n) is 9.32. The predicted molar refractivity (Wildman–Crippen MR) is 62.2 cm³/mol. The Morgan fingerprint density at radius 2 is 1.79 bits per heavy atom. The monoisotopic (exact) mass is 310 g/mol. The van der Waals surface area contributed by atoms with E-state index in [1.54, 1.807) is 16.7 Å². The quantitative estimate of drug-likeness (QED) is 0.667. The molecule has 0 N–H and O–H groups in total. The third-order valence-electron chi connectivity index (χ3n) is 2.86. The summed E-state index contributed by atoms with van der Waals surface area (Å²) in [4.78, 5) is 0. The molecule has 1 aliphatic rings. The predicted octanol–water partition coefficient (Wildman–Crippen LogP) is 5.08. The number of allylic oxidation sites excluding steroid dienone is 4. The summed E-state index contributed by atoms with van der Waals surface area (Å²) >= 11 is -0.826. The third-order valence-corrected chi connectivity index (χ3v) is 2.86. The van der Waals surface area contributed by atoms with Crippen LogP contribution >= 0.6 is 17.0 Å². The molecule has 0 bridgehead atoms. The van der Waals surface area contributed by atoms with E-state index in [-0.39, 0.29) is 0 Å². The molecule has 0 amide bonds. The molecular formula is C11H18Cl2Zr. The van der Waals surface area contributed by atoms with Crippen molar-refractivity contribution in [1.29, 1.82) is 0 Å². The Labute approximate surface area is 106 Å². The summed E-state index contributed by atoms with van der Waals surface area (Å²) in [6.07, 6.45) is 4.79. The molecule has 3 heteroatoms. The molecule has 14 heavy (non-hydrogen) atoms. The van der Waals surface area contributed by atoms with Crippen molar-refractivity contribution in [3.8, 4) is 0 Å². The first kappa shape index (κ1) is 14.9. The van der Waals surface area contributed by atoms with Crippen molar-refractivity contribution in [3.05, 3.63) is 22.8 Å². The molecule has 1 aliphatic carbocycles. The Morgan fingerprint density at radius 3 is 2.00 bits per heavy atom. The van der Waals surface area contributed by atoms with Crippen molar-refractivity contribution >= 4 is 17.0 Å². The van der Waals surface area contributed by atoms with E-state index in [0.717, 1.165) is 5.92 Å². The zero-order chi connectivity index (χ0) is 11.1. The molecule has 1 rings (SSSR count). The first-order valence-electron chi connectivity index (χ1n) is 4.98. The van der Waals surface area contributed by atoms with Crippen molar-refractivity contribution in [1.82, 2.24) is 0 Å². The minimum atomic E-state index is -0.826. The maximum atomic E-state index is 4.93. The van der Waals surface area contributed by atoms with Crippen LogP contribution in [0.1, 0.15) is 40.5 Å². The van der Waals surface area contributed by atoms with Gasteiger partial charge in [0, 0.05) is 0 Å². The van der Waals surface area contributed by atoms with E-state index in [4.69, 9.17) is 17.0 Å². The van der Waals surface area contributed by atoms with E-state index >= 15 is 0 Å². The van der Waals surface area contributed by atoms with Gasteiger partial charge in [0.1, 0.15) is 0 Å². The van der Waals surface area contributed by atoms with Crippen molar-refractivity contribution < 1.29 is 20.8 Å². The van der Waals surface area contributed by atoms with Gasteiger partial charge in [-0.3, -0.25) is 0 Å². The molecule has 80 valence electrons. The summed E-state index contributed by atoms with van der Waals surface area (Å²) < 4.78 is 0. The van der Waals surface area contributed by atoms with E-state index in [0.29, 0.717) is 0 Å². The fourth-order valence-corrected chi connectivity index (χ4v) is 1.81. The average molecular weight is 312 g/mol. The van der Waals surface area contributed by atoms with E-state index < -0.39 is 20.8 Å². The van der Waals surface area contributed by atoms with Gasteiger partial charge in [-0.05, 0) is 31.3 Å². The molecule has 1 unspecified atom stereocenters. The maximum absolute atomic E-state index is 4.93. The molecular weight excluding hydrogens is 294 g/mol. The average Bonchev–Trinajstić information content (AvgIpc) is 2.45. The molecule has 0 aliphatic heterocycles. The summed E-state index contributed by atoms with van der Waals surface area (Å²) in [5, 5.41) is 0. The Hall–Kier alpha value is 0.943. The van der Waals surface area contributed by atoms with E-state index in [1.165, 1.54) is 12.8 Å². The third kappa shape index (κ3) is 4.21. The molecule has 0 aromatic carbocycles. The van der Waals surface area contributed by atoms with Gasteiger partial charge in [0.2, 0.25) is 0 Å². The Kier molecular flexibility index (Phi) is 8.68. The summed E-state index contributed by atoms with van der Waals surface area (Å²) in [5.41, 5.74) is 4.76. The van der Waals surface area contributed by atoms with Crippen LogP contribution < -0.4 is 0 Å². The van der Waals surface area contributed by atoms with Crippen LogP contribution in [0, 0.1) is 5.92 Å². The molecule has 0 aromatic heterocycles. The Morgan fingerprint density at radius 1 is 1.29 bits per heavy atom. The van der Waals surface area contributed by atoms with Gasteiger partial charge in [-0.25, -0.2) is 0 Å². The number of hydrogen-bond donors (Lipinski definition) is 0. The van der Waals surface area contributed by atoms with Crippen LogP contribution in [0.5, 0.6) is 0 Å². The zero-order valence-corrected chi connectivity index (χ0v) is 13.3. The van der Waals surface area contributed by atoms with Gasteiger partial charge in [0.15, 0.2) is 0 Å². The van der Waals surface area contributed by atoms with Crippen LogP contribution in [-0.2, 0) is 20.8 Å². The minimum absolute atomic E-state index is 0.718. The van der Waals surface area contributed by atoms with Gasteiger partial charge in [-0.1, -0.05) is 38.0 Å². The normalized spacial score (nSPS) is 20.1. The number of rotatable bonds is 2. The topological polar surface area (TPSA) is 0 Å². The SMILES string of the molecule is CCC1=CC(CC)=C(C)C1C.[Cl][Zr][Cl]. The summed E-state index contributed by atoms with van der Waals surface area (Å²) in [5.74, 6) is 0.718. The van der Waals surface area contributed by atoms with Gasteiger partial charge >= 0.3 is 37.9 Å². The van der Waals surface area contributed by atoms with Crippen molar-refractivity contribution in [2.45, 2.75) is 40.5 Å². The molecule has 0 radical (unpaired) electrons. The van der Waals surface area contributed by atoms with Crippen LogP contribution in [0.3, 0.4) is 0 Å².